The molecule has 0 aromatic heterocycles. The summed E-state index contributed by atoms with van der Waals surface area (Å²) in [5.41, 5.74) is 1.56. The third-order valence-corrected chi connectivity index (χ3v) is 5.31. The van der Waals surface area contributed by atoms with E-state index in [0.29, 0.717) is 22.4 Å². The van der Waals surface area contributed by atoms with Crippen molar-refractivity contribution in [3.05, 3.63) is 22.8 Å². The number of carboxylic acids is 1. The summed E-state index contributed by atoms with van der Waals surface area (Å²) in [5, 5.41) is 9.11. The zero-order valence-electron chi connectivity index (χ0n) is 13.8. The SMILES string of the molecule is COc1cc(C)c(S(=O)(=O)NC(CC(C)=O)C(=O)O)c(C)c1C. The van der Waals surface area contributed by atoms with Crippen molar-refractivity contribution in [2.75, 3.05) is 7.11 Å². The van der Waals surface area contributed by atoms with Crippen molar-refractivity contribution in [1.29, 1.82) is 0 Å². The monoisotopic (exact) mass is 343 g/mol. The van der Waals surface area contributed by atoms with E-state index in [-0.39, 0.29) is 4.90 Å². The zero-order chi connectivity index (χ0) is 17.9. The molecule has 1 atom stereocenters. The number of aryl methyl sites for hydroxylation is 1. The van der Waals surface area contributed by atoms with Gasteiger partial charge in [0.25, 0.3) is 0 Å². The number of sulfonamides is 1. The molecule has 0 amide bonds. The summed E-state index contributed by atoms with van der Waals surface area (Å²) in [5.74, 6) is -1.26. The predicted octanol–water partition coefficient (Wildman–Crippen LogP) is 1.33. The van der Waals surface area contributed by atoms with Crippen LogP contribution in [0, 0.1) is 20.8 Å². The molecule has 2 N–H and O–H groups in total. The molecule has 1 rings (SSSR count). The lowest BCUT2D eigenvalue weighted by molar-refractivity contribution is -0.140. The molecule has 0 fully saturated rings. The fourth-order valence-electron chi connectivity index (χ4n) is 2.36. The smallest absolute Gasteiger partial charge is 0.322 e. The molecular formula is C15H21NO6S. The minimum atomic E-state index is -4.10. The first-order valence-corrected chi connectivity index (χ1v) is 8.39. The minimum absolute atomic E-state index is 0.00519. The standard InChI is InChI=1S/C15H21NO6S/c1-8-6-13(22-5)10(3)11(4)14(8)23(20,21)16-12(15(18)19)7-9(2)17/h6,12,16H,7H2,1-5H3,(H,18,19). The number of aliphatic carboxylic acids is 1. The number of benzene rings is 1. The summed E-state index contributed by atoms with van der Waals surface area (Å²) in [6, 6.07) is 0.0798. The van der Waals surface area contributed by atoms with Gasteiger partial charge in [0.2, 0.25) is 10.0 Å². The van der Waals surface area contributed by atoms with Gasteiger partial charge in [0.15, 0.2) is 0 Å². The molecule has 0 saturated heterocycles. The Morgan fingerprint density at radius 3 is 2.26 bits per heavy atom. The van der Waals surface area contributed by atoms with Crippen molar-refractivity contribution in [3.8, 4) is 5.75 Å². The topological polar surface area (TPSA) is 110 Å². The highest BCUT2D eigenvalue weighted by Crippen LogP contribution is 2.30. The first-order chi connectivity index (χ1) is 10.5. The average Bonchev–Trinajstić information content (AvgIpc) is 2.40. The number of ether oxygens (including phenoxy) is 1. The Kier molecular flexibility index (Phi) is 5.90. The van der Waals surface area contributed by atoms with Crippen LogP contribution in [0.2, 0.25) is 0 Å². The van der Waals surface area contributed by atoms with Crippen LogP contribution < -0.4 is 9.46 Å². The number of nitrogens with one attached hydrogen (secondary N) is 1. The van der Waals surface area contributed by atoms with Crippen molar-refractivity contribution in [2.24, 2.45) is 0 Å². The van der Waals surface area contributed by atoms with Gasteiger partial charge >= 0.3 is 5.97 Å². The second-order valence-electron chi connectivity index (χ2n) is 5.39. The van der Waals surface area contributed by atoms with Crippen molar-refractivity contribution in [2.45, 2.75) is 45.1 Å². The lowest BCUT2D eigenvalue weighted by atomic mass is 10.1. The van der Waals surface area contributed by atoms with Gasteiger partial charge in [-0.2, -0.15) is 4.72 Å². The molecule has 23 heavy (non-hydrogen) atoms. The van der Waals surface area contributed by atoms with E-state index in [1.54, 1.807) is 26.8 Å². The number of hydrogen-bond acceptors (Lipinski definition) is 5. The Balaban J connectivity index is 3.36. The molecule has 0 aliphatic heterocycles. The number of carbonyl (C=O) groups is 2. The third-order valence-electron chi connectivity index (χ3n) is 3.55. The van der Waals surface area contributed by atoms with Gasteiger partial charge in [-0.25, -0.2) is 8.42 Å². The van der Waals surface area contributed by atoms with Crippen LogP contribution in [0.1, 0.15) is 30.0 Å². The molecule has 128 valence electrons. The number of Topliss-reactive ketones (excluding diaryl/α,β-unsaturated/α-hetero) is 1. The van der Waals surface area contributed by atoms with Crippen LogP contribution in [0.4, 0.5) is 0 Å². The third kappa shape index (κ3) is 4.29. The summed E-state index contributed by atoms with van der Waals surface area (Å²) in [6.07, 6.45) is -0.415. The van der Waals surface area contributed by atoms with Crippen LogP contribution in [0.25, 0.3) is 0 Å². The summed E-state index contributed by atoms with van der Waals surface area (Å²) < 4.78 is 32.5. The number of ketones is 1. The van der Waals surface area contributed by atoms with Gasteiger partial charge in [-0.1, -0.05) is 0 Å². The van der Waals surface area contributed by atoms with Gasteiger partial charge in [-0.15, -0.1) is 0 Å². The molecule has 0 saturated carbocycles. The quantitative estimate of drug-likeness (QED) is 0.773. The molecule has 0 aliphatic carbocycles. The maximum absolute atomic E-state index is 12.6. The Morgan fingerprint density at radius 2 is 1.83 bits per heavy atom. The van der Waals surface area contributed by atoms with Gasteiger partial charge in [0.05, 0.1) is 12.0 Å². The second kappa shape index (κ2) is 7.10. The van der Waals surface area contributed by atoms with E-state index in [0.717, 1.165) is 0 Å². The number of carboxylic acid groups (broad SMARTS) is 1. The second-order valence-corrected chi connectivity index (χ2v) is 7.04. The van der Waals surface area contributed by atoms with E-state index in [2.05, 4.69) is 4.72 Å². The Labute approximate surface area is 135 Å². The maximum Gasteiger partial charge on any atom is 0.322 e. The lowest BCUT2D eigenvalue weighted by Crippen LogP contribution is -2.42. The van der Waals surface area contributed by atoms with E-state index in [9.17, 15) is 18.0 Å². The zero-order valence-corrected chi connectivity index (χ0v) is 14.6. The molecular weight excluding hydrogens is 322 g/mol. The molecule has 1 aromatic rings. The van der Waals surface area contributed by atoms with Gasteiger partial charge in [0.1, 0.15) is 17.6 Å². The fourth-order valence-corrected chi connectivity index (χ4v) is 4.08. The van der Waals surface area contributed by atoms with E-state index in [1.807, 2.05) is 0 Å². The van der Waals surface area contributed by atoms with Gasteiger partial charge in [0, 0.05) is 6.42 Å². The highest BCUT2D eigenvalue weighted by molar-refractivity contribution is 7.89. The first-order valence-electron chi connectivity index (χ1n) is 6.90. The minimum Gasteiger partial charge on any atom is -0.496 e. The highest BCUT2D eigenvalue weighted by atomic mass is 32.2. The van der Waals surface area contributed by atoms with Gasteiger partial charge in [-0.05, 0) is 50.5 Å². The van der Waals surface area contributed by atoms with E-state index >= 15 is 0 Å². The van der Waals surface area contributed by atoms with Crippen LogP contribution in [-0.2, 0) is 19.6 Å². The maximum atomic E-state index is 12.6. The normalized spacial score (nSPS) is 12.7. The first kappa shape index (κ1) is 19.1. The molecule has 8 heteroatoms. The Bertz CT molecular complexity index is 739. The molecule has 0 radical (unpaired) electrons. The molecule has 0 heterocycles. The molecule has 0 bridgehead atoms. The molecule has 1 aromatic carbocycles. The summed E-state index contributed by atoms with van der Waals surface area (Å²) in [6.45, 7) is 6.15. The van der Waals surface area contributed by atoms with Crippen molar-refractivity contribution in [3.63, 3.8) is 0 Å². The number of hydrogen-bond donors (Lipinski definition) is 2. The average molecular weight is 343 g/mol. The summed E-state index contributed by atoms with van der Waals surface area (Å²) in [7, 11) is -2.61. The lowest BCUT2D eigenvalue weighted by Gasteiger charge is -2.19. The summed E-state index contributed by atoms with van der Waals surface area (Å²) in [4.78, 5) is 22.3. The number of methoxy groups -OCH3 is 1. The molecule has 0 aliphatic rings. The van der Waals surface area contributed by atoms with Crippen molar-refractivity contribution in [1.82, 2.24) is 4.72 Å². The molecule has 7 nitrogen and oxygen atoms in total. The van der Waals surface area contributed by atoms with E-state index in [4.69, 9.17) is 9.84 Å². The van der Waals surface area contributed by atoms with Crippen LogP contribution >= 0.6 is 0 Å². The van der Waals surface area contributed by atoms with E-state index in [1.165, 1.54) is 14.0 Å². The van der Waals surface area contributed by atoms with Crippen LogP contribution in [0.5, 0.6) is 5.75 Å². The largest absolute Gasteiger partial charge is 0.496 e. The van der Waals surface area contributed by atoms with Gasteiger partial charge < -0.3 is 9.84 Å². The van der Waals surface area contributed by atoms with Crippen LogP contribution in [0.15, 0.2) is 11.0 Å². The Hall–Kier alpha value is -1.93. The van der Waals surface area contributed by atoms with E-state index < -0.39 is 34.2 Å². The molecule has 0 spiro atoms. The van der Waals surface area contributed by atoms with Crippen LogP contribution in [-0.4, -0.2) is 38.4 Å². The molecule has 1 unspecified atom stereocenters. The van der Waals surface area contributed by atoms with Crippen molar-refractivity contribution >= 4 is 21.8 Å². The number of carbonyl (C=O) groups excluding carboxylic acids is 1. The van der Waals surface area contributed by atoms with Crippen LogP contribution in [0.3, 0.4) is 0 Å². The highest BCUT2D eigenvalue weighted by Gasteiger charge is 2.29. The summed E-state index contributed by atoms with van der Waals surface area (Å²) >= 11 is 0. The van der Waals surface area contributed by atoms with Crippen molar-refractivity contribution < 1.29 is 27.9 Å². The van der Waals surface area contributed by atoms with Gasteiger partial charge in [-0.3, -0.25) is 9.59 Å². The predicted molar refractivity (Wildman–Crippen MR) is 84.2 cm³/mol. The Morgan fingerprint density at radius 1 is 1.26 bits per heavy atom. The fraction of sp³-hybridized carbons (Fsp3) is 0.467. The number of rotatable bonds is 7.